The standard InChI is InChI=1S/C17H29N3O3S/c1-15-6-8-16(9-7-15)14-20(24(4,22)23)13-10-17(21)18-11-5-12-19(2)3/h6-9H,5,10-14H2,1-4H3,(H,18,21). The van der Waals surface area contributed by atoms with Gasteiger partial charge in [0.25, 0.3) is 0 Å². The lowest BCUT2D eigenvalue weighted by Crippen LogP contribution is -2.34. The summed E-state index contributed by atoms with van der Waals surface area (Å²) < 4.78 is 25.2. The van der Waals surface area contributed by atoms with Crippen molar-refractivity contribution >= 4 is 15.9 Å². The highest BCUT2D eigenvalue weighted by molar-refractivity contribution is 7.88. The van der Waals surface area contributed by atoms with Crippen LogP contribution in [0.3, 0.4) is 0 Å². The number of rotatable bonds is 10. The molecule has 0 saturated carbocycles. The molecule has 24 heavy (non-hydrogen) atoms. The van der Waals surface area contributed by atoms with Gasteiger partial charge in [0.1, 0.15) is 0 Å². The molecule has 0 saturated heterocycles. The van der Waals surface area contributed by atoms with Crippen molar-refractivity contribution in [2.45, 2.75) is 26.3 Å². The molecule has 0 heterocycles. The summed E-state index contributed by atoms with van der Waals surface area (Å²) >= 11 is 0. The molecule has 0 aliphatic heterocycles. The van der Waals surface area contributed by atoms with E-state index in [1.165, 1.54) is 10.6 Å². The normalized spacial score (nSPS) is 11.9. The van der Waals surface area contributed by atoms with E-state index < -0.39 is 10.0 Å². The van der Waals surface area contributed by atoms with Crippen LogP contribution in [-0.4, -0.2) is 63.5 Å². The maximum Gasteiger partial charge on any atom is 0.221 e. The van der Waals surface area contributed by atoms with Crippen molar-refractivity contribution in [3.8, 4) is 0 Å². The Balaban J connectivity index is 2.49. The van der Waals surface area contributed by atoms with Crippen LogP contribution < -0.4 is 5.32 Å². The van der Waals surface area contributed by atoms with Gasteiger partial charge in [0.2, 0.25) is 15.9 Å². The zero-order chi connectivity index (χ0) is 18.2. The number of sulfonamides is 1. The topological polar surface area (TPSA) is 69.7 Å². The minimum absolute atomic E-state index is 0.119. The number of hydrogen-bond acceptors (Lipinski definition) is 4. The molecule has 1 N–H and O–H groups in total. The lowest BCUT2D eigenvalue weighted by Gasteiger charge is -2.20. The van der Waals surface area contributed by atoms with Crippen molar-refractivity contribution in [1.29, 1.82) is 0 Å². The second-order valence-electron chi connectivity index (χ2n) is 6.34. The molecule has 0 aliphatic carbocycles. The molecule has 0 aromatic heterocycles. The SMILES string of the molecule is Cc1ccc(CN(CCC(=O)NCCCN(C)C)S(C)(=O)=O)cc1. The number of carbonyl (C=O) groups is 1. The van der Waals surface area contributed by atoms with E-state index in [1.807, 2.05) is 45.3 Å². The Hall–Kier alpha value is -1.44. The lowest BCUT2D eigenvalue weighted by atomic mass is 10.1. The van der Waals surface area contributed by atoms with Crippen LogP contribution in [0.25, 0.3) is 0 Å². The number of nitrogens with one attached hydrogen (secondary N) is 1. The molecule has 0 spiro atoms. The van der Waals surface area contributed by atoms with Gasteiger partial charge in [-0.1, -0.05) is 29.8 Å². The fourth-order valence-electron chi connectivity index (χ4n) is 2.20. The molecule has 1 aromatic rings. The van der Waals surface area contributed by atoms with E-state index in [0.717, 1.165) is 24.1 Å². The van der Waals surface area contributed by atoms with Crippen LogP contribution >= 0.6 is 0 Å². The van der Waals surface area contributed by atoms with E-state index in [-0.39, 0.29) is 25.4 Å². The summed E-state index contributed by atoms with van der Waals surface area (Å²) in [5.74, 6) is -0.119. The Kier molecular flexibility index (Phi) is 8.38. The Morgan fingerprint density at radius 2 is 1.75 bits per heavy atom. The zero-order valence-electron chi connectivity index (χ0n) is 15.1. The number of aryl methyl sites for hydroxylation is 1. The lowest BCUT2D eigenvalue weighted by molar-refractivity contribution is -0.121. The van der Waals surface area contributed by atoms with Gasteiger partial charge in [-0.25, -0.2) is 8.42 Å². The summed E-state index contributed by atoms with van der Waals surface area (Å²) in [6.45, 7) is 3.97. The molecule has 0 fully saturated rings. The van der Waals surface area contributed by atoms with Crippen molar-refractivity contribution < 1.29 is 13.2 Å². The molecule has 0 atom stereocenters. The van der Waals surface area contributed by atoms with Crippen molar-refractivity contribution in [2.75, 3.05) is 40.0 Å². The first-order valence-corrected chi connectivity index (χ1v) is 9.95. The van der Waals surface area contributed by atoms with Gasteiger partial charge < -0.3 is 10.2 Å². The summed E-state index contributed by atoms with van der Waals surface area (Å²) in [4.78, 5) is 13.9. The third kappa shape index (κ3) is 8.42. The monoisotopic (exact) mass is 355 g/mol. The van der Waals surface area contributed by atoms with E-state index >= 15 is 0 Å². The van der Waals surface area contributed by atoms with E-state index in [2.05, 4.69) is 10.2 Å². The molecule has 7 heteroatoms. The molecule has 0 bridgehead atoms. The van der Waals surface area contributed by atoms with Gasteiger partial charge in [-0.15, -0.1) is 0 Å². The van der Waals surface area contributed by atoms with Crippen molar-refractivity contribution in [2.24, 2.45) is 0 Å². The van der Waals surface area contributed by atoms with Gasteiger partial charge in [0.15, 0.2) is 0 Å². The third-order valence-electron chi connectivity index (χ3n) is 3.64. The molecule has 1 aromatic carbocycles. The summed E-state index contributed by atoms with van der Waals surface area (Å²) in [7, 11) is 0.607. The van der Waals surface area contributed by atoms with E-state index in [1.54, 1.807) is 0 Å². The van der Waals surface area contributed by atoms with Gasteiger partial charge in [0, 0.05) is 26.1 Å². The Morgan fingerprint density at radius 1 is 1.12 bits per heavy atom. The van der Waals surface area contributed by atoms with E-state index in [4.69, 9.17) is 0 Å². The average molecular weight is 356 g/mol. The molecule has 6 nitrogen and oxygen atoms in total. The quantitative estimate of drug-likeness (QED) is 0.641. The van der Waals surface area contributed by atoms with Crippen LogP contribution in [0.15, 0.2) is 24.3 Å². The third-order valence-corrected chi connectivity index (χ3v) is 4.89. The number of benzene rings is 1. The number of amides is 1. The fraction of sp³-hybridized carbons (Fsp3) is 0.588. The average Bonchev–Trinajstić information content (AvgIpc) is 2.48. The Bertz CT molecular complexity index is 612. The van der Waals surface area contributed by atoms with Gasteiger partial charge in [-0.3, -0.25) is 4.79 Å². The summed E-state index contributed by atoms with van der Waals surface area (Å²) in [5.41, 5.74) is 2.04. The van der Waals surface area contributed by atoms with Crippen LogP contribution in [0.4, 0.5) is 0 Å². The molecule has 1 amide bonds. The highest BCUT2D eigenvalue weighted by Crippen LogP contribution is 2.10. The van der Waals surface area contributed by atoms with Gasteiger partial charge in [-0.05, 0) is 39.5 Å². The fourth-order valence-corrected chi connectivity index (χ4v) is 3.00. The molecular weight excluding hydrogens is 326 g/mol. The second-order valence-corrected chi connectivity index (χ2v) is 8.32. The second kappa shape index (κ2) is 9.76. The van der Waals surface area contributed by atoms with Crippen molar-refractivity contribution in [3.05, 3.63) is 35.4 Å². The molecular formula is C17H29N3O3S. The highest BCUT2D eigenvalue weighted by Gasteiger charge is 2.18. The number of nitrogens with zero attached hydrogens (tertiary/aromatic N) is 2. The molecule has 0 unspecified atom stereocenters. The van der Waals surface area contributed by atoms with E-state index in [0.29, 0.717) is 6.54 Å². The van der Waals surface area contributed by atoms with Crippen LogP contribution in [0.5, 0.6) is 0 Å². The Labute approximate surface area is 145 Å². The Morgan fingerprint density at radius 3 is 2.29 bits per heavy atom. The largest absolute Gasteiger partial charge is 0.356 e. The molecule has 0 radical (unpaired) electrons. The first-order chi connectivity index (χ1) is 11.2. The summed E-state index contributed by atoms with van der Waals surface area (Å²) in [6.07, 6.45) is 2.22. The van der Waals surface area contributed by atoms with Gasteiger partial charge in [0.05, 0.1) is 6.26 Å². The first kappa shape index (κ1) is 20.6. The van der Waals surface area contributed by atoms with Crippen LogP contribution in [0, 0.1) is 6.92 Å². The smallest absolute Gasteiger partial charge is 0.221 e. The molecule has 1 rings (SSSR count). The van der Waals surface area contributed by atoms with Crippen LogP contribution in [0.2, 0.25) is 0 Å². The maximum atomic E-state index is 11.9. The van der Waals surface area contributed by atoms with E-state index in [9.17, 15) is 13.2 Å². The molecule has 136 valence electrons. The molecule has 0 aliphatic rings. The predicted molar refractivity (Wildman–Crippen MR) is 97.2 cm³/mol. The minimum Gasteiger partial charge on any atom is -0.356 e. The summed E-state index contributed by atoms with van der Waals surface area (Å²) in [5, 5.41) is 2.83. The van der Waals surface area contributed by atoms with Crippen LogP contribution in [0.1, 0.15) is 24.0 Å². The van der Waals surface area contributed by atoms with Gasteiger partial charge >= 0.3 is 0 Å². The number of hydrogen-bond donors (Lipinski definition) is 1. The van der Waals surface area contributed by atoms with Crippen molar-refractivity contribution in [3.63, 3.8) is 0 Å². The highest BCUT2D eigenvalue weighted by atomic mass is 32.2. The first-order valence-electron chi connectivity index (χ1n) is 8.10. The minimum atomic E-state index is -3.36. The number of carbonyl (C=O) groups excluding carboxylic acids is 1. The summed E-state index contributed by atoms with van der Waals surface area (Å²) in [6, 6.07) is 7.73. The van der Waals surface area contributed by atoms with Gasteiger partial charge in [-0.2, -0.15) is 4.31 Å². The van der Waals surface area contributed by atoms with Crippen LogP contribution in [-0.2, 0) is 21.4 Å². The van der Waals surface area contributed by atoms with Crippen molar-refractivity contribution in [1.82, 2.24) is 14.5 Å². The zero-order valence-corrected chi connectivity index (χ0v) is 15.9. The maximum absolute atomic E-state index is 11.9. The predicted octanol–water partition coefficient (Wildman–Crippen LogP) is 1.21.